The minimum atomic E-state index is 0.0918. The Morgan fingerprint density at radius 2 is 1.88 bits per heavy atom. The monoisotopic (exact) mass is 219 g/mol. The molecule has 0 saturated carbocycles. The van der Waals surface area contributed by atoms with Crippen molar-refractivity contribution in [1.29, 1.82) is 0 Å². The van der Waals surface area contributed by atoms with E-state index in [-0.39, 0.29) is 11.8 Å². The molecule has 2 nitrogen and oxygen atoms in total. The minimum Gasteiger partial charge on any atom is -0.356 e. The summed E-state index contributed by atoms with van der Waals surface area (Å²) in [5.74, 6) is 0.244. The van der Waals surface area contributed by atoms with Crippen molar-refractivity contribution >= 4 is 5.91 Å². The molecule has 0 atom stereocenters. The first-order valence-corrected chi connectivity index (χ1v) is 6.02. The molecule has 0 heterocycles. The van der Waals surface area contributed by atoms with E-state index in [4.69, 9.17) is 0 Å². The van der Waals surface area contributed by atoms with Crippen LogP contribution in [0.15, 0.2) is 30.3 Å². The summed E-state index contributed by atoms with van der Waals surface area (Å²) in [7, 11) is 0. The number of unbranched alkanes of at least 4 members (excludes halogenated alkanes) is 1. The number of benzene rings is 1. The maximum atomic E-state index is 11.3. The van der Waals surface area contributed by atoms with Crippen LogP contribution < -0.4 is 5.32 Å². The molecular formula is C14H21NO. The van der Waals surface area contributed by atoms with Gasteiger partial charge in [0.15, 0.2) is 0 Å². The standard InChI is InChI=1S/C14H21NO/c1-12(2)14(16)15-11-7-6-10-13-8-4-3-5-9-13/h3-5,8-9,12H,6-7,10-11H2,1-2H3,(H,15,16). The van der Waals surface area contributed by atoms with Crippen molar-refractivity contribution < 1.29 is 4.79 Å². The molecule has 0 aliphatic heterocycles. The van der Waals surface area contributed by atoms with Gasteiger partial charge in [0.1, 0.15) is 0 Å². The number of aryl methyl sites for hydroxylation is 1. The van der Waals surface area contributed by atoms with Crippen molar-refractivity contribution in [3.63, 3.8) is 0 Å². The number of rotatable bonds is 6. The lowest BCUT2D eigenvalue weighted by molar-refractivity contribution is -0.123. The third-order valence-corrected chi connectivity index (χ3v) is 2.56. The summed E-state index contributed by atoms with van der Waals surface area (Å²) < 4.78 is 0. The van der Waals surface area contributed by atoms with Crippen LogP contribution in [0.2, 0.25) is 0 Å². The minimum absolute atomic E-state index is 0.0918. The third kappa shape index (κ3) is 4.96. The van der Waals surface area contributed by atoms with E-state index in [2.05, 4.69) is 29.6 Å². The number of amides is 1. The van der Waals surface area contributed by atoms with E-state index < -0.39 is 0 Å². The second kappa shape index (κ2) is 7.04. The van der Waals surface area contributed by atoms with Gasteiger partial charge in [-0.2, -0.15) is 0 Å². The van der Waals surface area contributed by atoms with E-state index in [0.717, 1.165) is 25.8 Å². The summed E-state index contributed by atoms with van der Waals surface area (Å²) in [4.78, 5) is 11.3. The molecule has 1 rings (SSSR count). The molecule has 1 amide bonds. The van der Waals surface area contributed by atoms with Crippen molar-refractivity contribution in [2.75, 3.05) is 6.54 Å². The van der Waals surface area contributed by atoms with Crippen LogP contribution in [0.1, 0.15) is 32.3 Å². The zero-order valence-electron chi connectivity index (χ0n) is 10.2. The molecule has 16 heavy (non-hydrogen) atoms. The zero-order chi connectivity index (χ0) is 11.8. The third-order valence-electron chi connectivity index (χ3n) is 2.56. The Kier molecular flexibility index (Phi) is 5.62. The summed E-state index contributed by atoms with van der Waals surface area (Å²) in [5, 5.41) is 2.93. The molecule has 0 unspecified atom stereocenters. The maximum absolute atomic E-state index is 11.3. The van der Waals surface area contributed by atoms with E-state index in [1.807, 2.05) is 19.9 Å². The largest absolute Gasteiger partial charge is 0.356 e. The summed E-state index contributed by atoms with van der Waals surface area (Å²) in [5.41, 5.74) is 1.37. The van der Waals surface area contributed by atoms with Crippen molar-refractivity contribution in [3.8, 4) is 0 Å². The number of hydrogen-bond donors (Lipinski definition) is 1. The molecule has 0 spiro atoms. The second-order valence-electron chi connectivity index (χ2n) is 4.39. The molecule has 0 radical (unpaired) electrons. The van der Waals surface area contributed by atoms with E-state index in [1.165, 1.54) is 5.56 Å². The lowest BCUT2D eigenvalue weighted by Gasteiger charge is -2.07. The molecule has 88 valence electrons. The smallest absolute Gasteiger partial charge is 0.222 e. The Labute approximate surface area is 98.1 Å². The van der Waals surface area contributed by atoms with E-state index in [9.17, 15) is 4.79 Å². The highest BCUT2D eigenvalue weighted by Gasteiger charge is 2.04. The summed E-state index contributed by atoms with van der Waals surface area (Å²) in [6.45, 7) is 4.63. The molecular weight excluding hydrogens is 198 g/mol. The van der Waals surface area contributed by atoms with Crippen molar-refractivity contribution in [1.82, 2.24) is 5.32 Å². The molecule has 1 aromatic rings. The van der Waals surface area contributed by atoms with Crippen LogP contribution in [0.3, 0.4) is 0 Å². The van der Waals surface area contributed by atoms with Gasteiger partial charge in [-0.05, 0) is 24.8 Å². The molecule has 1 N–H and O–H groups in total. The summed E-state index contributed by atoms with van der Waals surface area (Å²) >= 11 is 0. The number of nitrogens with one attached hydrogen (secondary N) is 1. The van der Waals surface area contributed by atoms with Crippen LogP contribution in [0, 0.1) is 5.92 Å². The van der Waals surface area contributed by atoms with E-state index >= 15 is 0 Å². The molecule has 2 heteroatoms. The SMILES string of the molecule is CC(C)C(=O)NCCCCc1ccccc1. The van der Waals surface area contributed by atoms with Gasteiger partial charge in [0.25, 0.3) is 0 Å². The van der Waals surface area contributed by atoms with Crippen LogP contribution in [-0.4, -0.2) is 12.5 Å². The van der Waals surface area contributed by atoms with Gasteiger partial charge in [-0.1, -0.05) is 44.2 Å². The average Bonchev–Trinajstić information content (AvgIpc) is 2.29. The highest BCUT2D eigenvalue weighted by molar-refractivity contribution is 5.77. The maximum Gasteiger partial charge on any atom is 0.222 e. The van der Waals surface area contributed by atoms with Gasteiger partial charge in [-0.25, -0.2) is 0 Å². The Bertz CT molecular complexity index is 306. The first kappa shape index (κ1) is 12.8. The summed E-state index contributed by atoms with van der Waals surface area (Å²) in [6.07, 6.45) is 3.27. The van der Waals surface area contributed by atoms with Gasteiger partial charge >= 0.3 is 0 Å². The number of hydrogen-bond acceptors (Lipinski definition) is 1. The predicted molar refractivity (Wildman–Crippen MR) is 67.2 cm³/mol. The molecule has 0 fully saturated rings. The van der Waals surface area contributed by atoms with Gasteiger partial charge < -0.3 is 5.32 Å². The fraction of sp³-hybridized carbons (Fsp3) is 0.500. The molecule has 0 bridgehead atoms. The predicted octanol–water partition coefficient (Wildman–Crippen LogP) is 2.78. The lowest BCUT2D eigenvalue weighted by Crippen LogP contribution is -2.28. The normalized spacial score (nSPS) is 10.4. The van der Waals surface area contributed by atoms with Gasteiger partial charge in [-0.3, -0.25) is 4.79 Å². The van der Waals surface area contributed by atoms with Crippen LogP contribution in [0.5, 0.6) is 0 Å². The number of carbonyl (C=O) groups excluding carboxylic acids is 1. The van der Waals surface area contributed by atoms with Crippen LogP contribution in [-0.2, 0) is 11.2 Å². The fourth-order valence-corrected chi connectivity index (χ4v) is 1.51. The fourth-order valence-electron chi connectivity index (χ4n) is 1.51. The Morgan fingerprint density at radius 3 is 2.50 bits per heavy atom. The van der Waals surface area contributed by atoms with Gasteiger partial charge in [0.2, 0.25) is 5.91 Å². The van der Waals surface area contributed by atoms with Crippen molar-refractivity contribution in [2.45, 2.75) is 33.1 Å². The number of carbonyl (C=O) groups is 1. The van der Waals surface area contributed by atoms with Crippen LogP contribution >= 0.6 is 0 Å². The quantitative estimate of drug-likeness (QED) is 0.732. The topological polar surface area (TPSA) is 29.1 Å². The average molecular weight is 219 g/mol. The van der Waals surface area contributed by atoms with E-state index in [1.54, 1.807) is 0 Å². The highest BCUT2D eigenvalue weighted by atomic mass is 16.1. The first-order chi connectivity index (χ1) is 7.70. The van der Waals surface area contributed by atoms with Crippen molar-refractivity contribution in [3.05, 3.63) is 35.9 Å². The van der Waals surface area contributed by atoms with Crippen molar-refractivity contribution in [2.24, 2.45) is 5.92 Å². The van der Waals surface area contributed by atoms with E-state index in [0.29, 0.717) is 0 Å². The molecule has 0 aromatic heterocycles. The van der Waals surface area contributed by atoms with Gasteiger partial charge in [0, 0.05) is 12.5 Å². The Morgan fingerprint density at radius 1 is 1.19 bits per heavy atom. The Hall–Kier alpha value is -1.31. The summed E-state index contributed by atoms with van der Waals surface area (Å²) in [6, 6.07) is 10.5. The molecule has 0 aliphatic carbocycles. The van der Waals surface area contributed by atoms with Crippen LogP contribution in [0.4, 0.5) is 0 Å². The van der Waals surface area contributed by atoms with Gasteiger partial charge in [0.05, 0.1) is 0 Å². The first-order valence-electron chi connectivity index (χ1n) is 6.02. The molecule has 1 aromatic carbocycles. The molecule has 0 saturated heterocycles. The molecule has 0 aliphatic rings. The Balaban J connectivity index is 2.07. The highest BCUT2D eigenvalue weighted by Crippen LogP contribution is 2.03. The van der Waals surface area contributed by atoms with Gasteiger partial charge in [-0.15, -0.1) is 0 Å². The lowest BCUT2D eigenvalue weighted by atomic mass is 10.1. The zero-order valence-corrected chi connectivity index (χ0v) is 10.2. The van der Waals surface area contributed by atoms with Crippen LogP contribution in [0.25, 0.3) is 0 Å². The second-order valence-corrected chi connectivity index (χ2v) is 4.39.